The maximum absolute atomic E-state index is 11.8. The number of carbonyl (C=O) groups excluding carboxylic acids is 2. The van der Waals surface area contributed by atoms with Crippen LogP contribution < -0.4 is 11.1 Å². The number of non-ortho nitro benzene ring substituents is 1. The summed E-state index contributed by atoms with van der Waals surface area (Å²) in [5.41, 5.74) is 6.54. The number of nitrogens with zero attached hydrogens (tertiary/aromatic N) is 1. The maximum atomic E-state index is 11.8. The molecule has 0 aromatic heterocycles. The summed E-state index contributed by atoms with van der Waals surface area (Å²) in [5, 5.41) is 13.1. The Hall–Kier alpha value is -3.48. The van der Waals surface area contributed by atoms with Crippen LogP contribution in [0.2, 0.25) is 0 Å². The van der Waals surface area contributed by atoms with Crippen LogP contribution in [0.25, 0.3) is 6.08 Å². The number of primary amides is 1. The molecule has 116 valence electrons. The molecule has 2 aromatic carbocycles. The van der Waals surface area contributed by atoms with E-state index in [2.05, 4.69) is 5.32 Å². The molecule has 0 atom stereocenters. The van der Waals surface area contributed by atoms with Crippen molar-refractivity contribution in [3.8, 4) is 0 Å². The first-order valence-electron chi connectivity index (χ1n) is 6.59. The summed E-state index contributed by atoms with van der Waals surface area (Å²) < 4.78 is 0. The Morgan fingerprint density at radius 2 is 1.83 bits per heavy atom. The lowest BCUT2D eigenvalue weighted by Gasteiger charge is -2.03. The first-order chi connectivity index (χ1) is 11.0. The molecule has 0 aliphatic carbocycles. The molecule has 2 amide bonds. The molecule has 2 aromatic rings. The van der Waals surface area contributed by atoms with Crippen molar-refractivity contribution < 1.29 is 14.5 Å². The quantitative estimate of drug-likeness (QED) is 0.501. The summed E-state index contributed by atoms with van der Waals surface area (Å²) in [6, 6.07) is 12.0. The topological polar surface area (TPSA) is 115 Å². The highest BCUT2D eigenvalue weighted by atomic mass is 16.6. The van der Waals surface area contributed by atoms with Crippen LogP contribution in [0.3, 0.4) is 0 Å². The third-order valence-electron chi connectivity index (χ3n) is 2.95. The molecule has 0 saturated carbocycles. The van der Waals surface area contributed by atoms with Crippen LogP contribution in [0.1, 0.15) is 15.9 Å². The zero-order chi connectivity index (χ0) is 16.8. The van der Waals surface area contributed by atoms with Crippen LogP contribution in [0, 0.1) is 10.1 Å². The van der Waals surface area contributed by atoms with Crippen molar-refractivity contribution in [3.63, 3.8) is 0 Å². The maximum Gasteiger partial charge on any atom is 0.269 e. The highest BCUT2D eigenvalue weighted by Crippen LogP contribution is 2.13. The third-order valence-corrected chi connectivity index (χ3v) is 2.95. The van der Waals surface area contributed by atoms with Crippen LogP contribution in [0.5, 0.6) is 0 Å². The molecule has 0 bridgehead atoms. The Balaban J connectivity index is 2.02. The van der Waals surface area contributed by atoms with Crippen molar-refractivity contribution in [1.29, 1.82) is 0 Å². The van der Waals surface area contributed by atoms with E-state index in [0.29, 0.717) is 16.8 Å². The number of nitrogens with one attached hydrogen (secondary N) is 1. The van der Waals surface area contributed by atoms with Crippen LogP contribution in [-0.2, 0) is 4.79 Å². The minimum atomic E-state index is -0.581. The van der Waals surface area contributed by atoms with Gasteiger partial charge in [-0.25, -0.2) is 0 Å². The van der Waals surface area contributed by atoms with Gasteiger partial charge in [0.15, 0.2) is 0 Å². The average molecular weight is 311 g/mol. The number of nitro benzene ring substituents is 1. The Morgan fingerprint density at radius 3 is 2.43 bits per heavy atom. The monoisotopic (exact) mass is 311 g/mol. The van der Waals surface area contributed by atoms with Gasteiger partial charge in [0.05, 0.1) is 4.92 Å². The Kier molecular flexibility index (Phi) is 4.83. The Labute approximate surface area is 131 Å². The van der Waals surface area contributed by atoms with Crippen molar-refractivity contribution in [1.82, 2.24) is 0 Å². The van der Waals surface area contributed by atoms with Crippen molar-refractivity contribution in [3.05, 3.63) is 75.8 Å². The van der Waals surface area contributed by atoms with Crippen molar-refractivity contribution >= 4 is 29.3 Å². The van der Waals surface area contributed by atoms with E-state index in [1.807, 2.05) is 0 Å². The number of anilines is 1. The molecular weight excluding hydrogens is 298 g/mol. The Morgan fingerprint density at radius 1 is 1.13 bits per heavy atom. The smallest absolute Gasteiger partial charge is 0.269 e. The van der Waals surface area contributed by atoms with E-state index >= 15 is 0 Å². The highest BCUT2D eigenvalue weighted by molar-refractivity contribution is 6.03. The fourth-order valence-electron chi connectivity index (χ4n) is 1.81. The van der Waals surface area contributed by atoms with Gasteiger partial charge in [-0.3, -0.25) is 19.7 Å². The summed E-state index contributed by atoms with van der Waals surface area (Å²) in [4.78, 5) is 32.9. The lowest BCUT2D eigenvalue weighted by atomic mass is 10.2. The predicted molar refractivity (Wildman–Crippen MR) is 85.7 cm³/mol. The van der Waals surface area contributed by atoms with E-state index in [1.165, 1.54) is 42.5 Å². The standard InChI is InChI=1S/C16H13N3O4/c17-16(21)12-2-1-3-13(10-12)18-15(20)9-6-11-4-7-14(8-5-11)19(22)23/h1-10H,(H2,17,21)(H,18,20)/b9-6+. The van der Waals surface area contributed by atoms with Gasteiger partial charge in [0, 0.05) is 29.5 Å². The largest absolute Gasteiger partial charge is 0.366 e. The van der Waals surface area contributed by atoms with E-state index in [0.717, 1.165) is 0 Å². The molecular formula is C16H13N3O4. The van der Waals surface area contributed by atoms with Crippen molar-refractivity contribution in [2.45, 2.75) is 0 Å². The average Bonchev–Trinajstić information content (AvgIpc) is 2.53. The van der Waals surface area contributed by atoms with Crippen LogP contribution in [0.4, 0.5) is 11.4 Å². The molecule has 0 aliphatic heterocycles. The molecule has 2 rings (SSSR count). The van der Waals surface area contributed by atoms with Gasteiger partial charge in [-0.15, -0.1) is 0 Å². The zero-order valence-corrected chi connectivity index (χ0v) is 11.9. The van der Waals surface area contributed by atoms with E-state index in [-0.39, 0.29) is 5.69 Å². The molecule has 0 aliphatic rings. The summed E-state index contributed by atoms with van der Waals surface area (Å²) >= 11 is 0. The molecule has 7 heteroatoms. The molecule has 0 radical (unpaired) electrons. The zero-order valence-electron chi connectivity index (χ0n) is 11.9. The number of benzene rings is 2. The van der Waals surface area contributed by atoms with Gasteiger partial charge >= 0.3 is 0 Å². The van der Waals surface area contributed by atoms with Gasteiger partial charge in [-0.05, 0) is 42.0 Å². The molecule has 0 unspecified atom stereocenters. The number of rotatable bonds is 5. The van der Waals surface area contributed by atoms with Gasteiger partial charge in [0.1, 0.15) is 0 Å². The normalized spacial score (nSPS) is 10.4. The lowest BCUT2D eigenvalue weighted by Crippen LogP contribution is -2.12. The molecule has 0 fully saturated rings. The minimum absolute atomic E-state index is 0.0186. The first-order valence-corrected chi connectivity index (χ1v) is 6.59. The van der Waals surface area contributed by atoms with Gasteiger partial charge in [0.25, 0.3) is 5.69 Å². The third kappa shape index (κ3) is 4.50. The first kappa shape index (κ1) is 15.9. The lowest BCUT2D eigenvalue weighted by molar-refractivity contribution is -0.384. The summed E-state index contributed by atoms with van der Waals surface area (Å²) in [6.07, 6.45) is 2.81. The highest BCUT2D eigenvalue weighted by Gasteiger charge is 2.04. The molecule has 0 spiro atoms. The molecule has 0 heterocycles. The van der Waals surface area contributed by atoms with Crippen molar-refractivity contribution in [2.24, 2.45) is 5.73 Å². The summed E-state index contributed by atoms with van der Waals surface area (Å²) in [6.45, 7) is 0. The van der Waals surface area contributed by atoms with Crippen LogP contribution in [0.15, 0.2) is 54.6 Å². The second-order valence-electron chi connectivity index (χ2n) is 4.62. The predicted octanol–water partition coefficient (Wildman–Crippen LogP) is 2.35. The van der Waals surface area contributed by atoms with E-state index in [4.69, 9.17) is 5.73 Å². The second-order valence-corrected chi connectivity index (χ2v) is 4.62. The van der Waals surface area contributed by atoms with Gasteiger partial charge in [0.2, 0.25) is 11.8 Å². The number of nitro groups is 1. The summed E-state index contributed by atoms with van der Waals surface area (Å²) in [7, 11) is 0. The number of amides is 2. The minimum Gasteiger partial charge on any atom is -0.366 e. The fraction of sp³-hybridized carbons (Fsp3) is 0. The summed E-state index contributed by atoms with van der Waals surface area (Å²) in [5.74, 6) is -0.979. The van der Waals surface area contributed by atoms with Crippen molar-refractivity contribution in [2.75, 3.05) is 5.32 Å². The van der Waals surface area contributed by atoms with Gasteiger partial charge in [-0.2, -0.15) is 0 Å². The molecule has 0 saturated heterocycles. The SMILES string of the molecule is NC(=O)c1cccc(NC(=O)/C=C/c2ccc([N+](=O)[O-])cc2)c1. The molecule has 3 N–H and O–H groups in total. The Bertz CT molecular complexity index is 782. The van der Waals surface area contributed by atoms with E-state index < -0.39 is 16.7 Å². The van der Waals surface area contributed by atoms with E-state index in [1.54, 1.807) is 18.2 Å². The van der Waals surface area contributed by atoms with Gasteiger partial charge in [-0.1, -0.05) is 6.07 Å². The van der Waals surface area contributed by atoms with Crippen LogP contribution >= 0.6 is 0 Å². The van der Waals surface area contributed by atoms with E-state index in [9.17, 15) is 19.7 Å². The molecule has 23 heavy (non-hydrogen) atoms. The number of nitrogens with two attached hydrogens (primary N) is 1. The number of hydrogen-bond acceptors (Lipinski definition) is 4. The molecule has 7 nitrogen and oxygen atoms in total. The van der Waals surface area contributed by atoms with Crippen LogP contribution in [-0.4, -0.2) is 16.7 Å². The fourth-order valence-corrected chi connectivity index (χ4v) is 1.81. The van der Waals surface area contributed by atoms with Gasteiger partial charge < -0.3 is 11.1 Å². The second kappa shape index (κ2) is 6.99. The number of hydrogen-bond donors (Lipinski definition) is 2. The number of carbonyl (C=O) groups is 2.